The first kappa shape index (κ1) is 18.7. The molecule has 1 N–H and O–H groups in total. The number of carbonyl (C=O) groups is 1. The molecule has 0 aromatic heterocycles. The topological polar surface area (TPSA) is 38.3 Å². The van der Waals surface area contributed by atoms with Gasteiger partial charge in [-0.15, -0.1) is 0 Å². The van der Waals surface area contributed by atoms with Gasteiger partial charge >= 0.3 is 6.18 Å². The van der Waals surface area contributed by atoms with Crippen molar-refractivity contribution in [3.8, 4) is 0 Å². The van der Waals surface area contributed by atoms with Gasteiger partial charge in [-0.1, -0.05) is 12.2 Å². The fraction of sp³-hybridized carbons (Fsp3) is 0.312. The van der Waals surface area contributed by atoms with E-state index in [1.165, 1.54) is 19.2 Å². The molecule has 0 amide bonds. The fourth-order valence-corrected chi connectivity index (χ4v) is 1.94. The molecule has 0 aliphatic rings. The van der Waals surface area contributed by atoms with Gasteiger partial charge in [0.05, 0.1) is 12.7 Å². The second kappa shape index (κ2) is 8.36. The minimum atomic E-state index is -4.62. The van der Waals surface area contributed by atoms with Crippen LogP contribution in [0.25, 0.3) is 0 Å². The second-order valence-electron chi connectivity index (χ2n) is 4.56. The van der Waals surface area contributed by atoms with Gasteiger partial charge in [-0.25, -0.2) is 4.39 Å². The third-order valence-corrected chi connectivity index (χ3v) is 3.05. The molecule has 7 heteroatoms. The smallest absolute Gasteiger partial charge is 0.418 e. The Bertz CT molecular complexity index is 601. The lowest BCUT2D eigenvalue weighted by Crippen LogP contribution is -2.14. The van der Waals surface area contributed by atoms with Crippen LogP contribution in [0.15, 0.2) is 41.7 Å². The average molecular weight is 331 g/mol. The van der Waals surface area contributed by atoms with E-state index in [2.05, 4.69) is 5.32 Å². The van der Waals surface area contributed by atoms with E-state index in [9.17, 15) is 22.4 Å². The van der Waals surface area contributed by atoms with Crippen LogP contribution in [0.5, 0.6) is 0 Å². The normalized spacial score (nSPS) is 13.0. The summed E-state index contributed by atoms with van der Waals surface area (Å²) in [5, 5.41) is 2.61. The molecule has 0 bridgehead atoms. The number of anilines is 1. The minimum Gasteiger partial charge on any atom is -0.498 e. The molecule has 0 fully saturated rings. The Morgan fingerprint density at radius 1 is 1.35 bits per heavy atom. The van der Waals surface area contributed by atoms with Gasteiger partial charge in [0.2, 0.25) is 0 Å². The zero-order valence-electron chi connectivity index (χ0n) is 12.7. The average Bonchev–Trinajstić information content (AvgIpc) is 2.52. The van der Waals surface area contributed by atoms with Crippen molar-refractivity contribution in [2.24, 2.45) is 0 Å². The first-order chi connectivity index (χ1) is 10.9. The van der Waals surface area contributed by atoms with E-state index in [-0.39, 0.29) is 23.6 Å². The van der Waals surface area contributed by atoms with Crippen LogP contribution in [0.3, 0.4) is 0 Å². The van der Waals surface area contributed by atoms with Crippen molar-refractivity contribution in [2.75, 3.05) is 25.6 Å². The summed E-state index contributed by atoms with van der Waals surface area (Å²) in [6, 6.07) is 3.21. The summed E-state index contributed by atoms with van der Waals surface area (Å²) in [6.45, 7) is 0.778. The van der Waals surface area contributed by atoms with E-state index in [0.717, 1.165) is 6.07 Å². The Labute approximate surface area is 131 Å². The highest BCUT2D eigenvalue weighted by atomic mass is 19.4. The van der Waals surface area contributed by atoms with Crippen LogP contribution in [-0.2, 0) is 10.9 Å². The van der Waals surface area contributed by atoms with E-state index in [0.29, 0.717) is 11.9 Å². The van der Waals surface area contributed by atoms with Crippen LogP contribution >= 0.6 is 0 Å². The number of carbonyl (C=O) groups excluding carboxylic acids is 1. The highest BCUT2D eigenvalue weighted by Crippen LogP contribution is 2.35. The second-order valence-corrected chi connectivity index (χ2v) is 4.56. The number of nitrogens with one attached hydrogen (secondary N) is 1. The van der Waals surface area contributed by atoms with Gasteiger partial charge in [-0.05, 0) is 25.1 Å². The number of alkyl halides is 4. The standard InChI is InChI=1S/C16H17F4NO2/c1-3-4-12(15(8-17)23-2)9-21-14-6-5-11(10-22)7-13(14)16(18,19)20/h3-7,10,21H,8-9H2,1-2H3/b4-3-,15-12-. The number of allylic oxidation sites excluding steroid dienone is 2. The monoisotopic (exact) mass is 331 g/mol. The summed E-state index contributed by atoms with van der Waals surface area (Å²) in [7, 11) is 1.29. The van der Waals surface area contributed by atoms with Gasteiger partial charge in [-0.2, -0.15) is 13.2 Å². The molecular formula is C16H17F4NO2. The maximum absolute atomic E-state index is 13.1. The molecule has 126 valence electrons. The third kappa shape index (κ3) is 5.12. The fourth-order valence-electron chi connectivity index (χ4n) is 1.94. The highest BCUT2D eigenvalue weighted by Gasteiger charge is 2.33. The zero-order chi connectivity index (χ0) is 17.5. The molecule has 0 saturated heterocycles. The number of benzene rings is 1. The summed E-state index contributed by atoms with van der Waals surface area (Å²) >= 11 is 0. The first-order valence-electron chi connectivity index (χ1n) is 6.72. The van der Waals surface area contributed by atoms with Crippen LogP contribution in [0.2, 0.25) is 0 Å². The summed E-state index contributed by atoms with van der Waals surface area (Å²) < 4.78 is 56.9. The maximum Gasteiger partial charge on any atom is 0.418 e. The van der Waals surface area contributed by atoms with Crippen LogP contribution < -0.4 is 5.32 Å². The number of rotatable bonds is 7. The largest absolute Gasteiger partial charge is 0.498 e. The molecule has 3 nitrogen and oxygen atoms in total. The Balaban J connectivity index is 3.13. The van der Waals surface area contributed by atoms with E-state index < -0.39 is 18.4 Å². The number of aldehydes is 1. The van der Waals surface area contributed by atoms with Gasteiger partial charge in [-0.3, -0.25) is 4.79 Å². The van der Waals surface area contributed by atoms with E-state index >= 15 is 0 Å². The van der Waals surface area contributed by atoms with Gasteiger partial charge in [0.25, 0.3) is 0 Å². The molecule has 0 radical (unpaired) electrons. The van der Waals surface area contributed by atoms with E-state index in [1.807, 2.05) is 0 Å². The summed E-state index contributed by atoms with van der Waals surface area (Å²) in [4.78, 5) is 10.7. The predicted octanol–water partition coefficient (Wildman–Crippen LogP) is 4.38. The Hall–Kier alpha value is -2.31. The molecule has 0 saturated carbocycles. The first-order valence-corrected chi connectivity index (χ1v) is 6.72. The quantitative estimate of drug-likeness (QED) is 0.349. The third-order valence-electron chi connectivity index (χ3n) is 3.05. The molecule has 0 heterocycles. The summed E-state index contributed by atoms with van der Waals surface area (Å²) in [5.41, 5.74) is -0.834. The molecule has 0 aliphatic carbocycles. The molecule has 0 spiro atoms. The molecule has 1 aromatic carbocycles. The Morgan fingerprint density at radius 3 is 2.52 bits per heavy atom. The van der Waals surface area contributed by atoms with E-state index in [1.54, 1.807) is 19.1 Å². The van der Waals surface area contributed by atoms with Gasteiger partial charge in [0.1, 0.15) is 18.7 Å². The molecule has 0 unspecified atom stereocenters. The van der Waals surface area contributed by atoms with Crippen LogP contribution in [0.4, 0.5) is 23.2 Å². The summed E-state index contributed by atoms with van der Waals surface area (Å²) in [6.07, 6.45) is -1.09. The van der Waals surface area contributed by atoms with Gasteiger partial charge in [0.15, 0.2) is 0 Å². The van der Waals surface area contributed by atoms with Crippen molar-refractivity contribution >= 4 is 12.0 Å². The molecule has 1 rings (SSSR count). The SMILES string of the molecule is C/C=C\C(CNc1ccc(C=O)cc1C(F)(F)F)=C(/CF)OC. The molecular weight excluding hydrogens is 314 g/mol. The number of ether oxygens (including phenoxy) is 1. The van der Waals surface area contributed by atoms with Crippen LogP contribution in [0, 0.1) is 0 Å². The van der Waals surface area contributed by atoms with Crippen molar-refractivity contribution in [1.29, 1.82) is 0 Å². The number of halogens is 4. The number of methoxy groups -OCH3 is 1. The molecule has 1 aromatic rings. The van der Waals surface area contributed by atoms with Crippen molar-refractivity contribution in [1.82, 2.24) is 0 Å². The van der Waals surface area contributed by atoms with Crippen LogP contribution in [-0.4, -0.2) is 26.6 Å². The van der Waals surface area contributed by atoms with Gasteiger partial charge in [0, 0.05) is 23.4 Å². The van der Waals surface area contributed by atoms with Crippen LogP contribution in [0.1, 0.15) is 22.8 Å². The maximum atomic E-state index is 13.1. The lowest BCUT2D eigenvalue weighted by Gasteiger charge is -2.16. The van der Waals surface area contributed by atoms with Crippen molar-refractivity contribution < 1.29 is 27.1 Å². The lowest BCUT2D eigenvalue weighted by molar-refractivity contribution is -0.137. The van der Waals surface area contributed by atoms with Gasteiger partial charge < -0.3 is 10.1 Å². The van der Waals surface area contributed by atoms with Crippen molar-refractivity contribution in [3.63, 3.8) is 0 Å². The lowest BCUT2D eigenvalue weighted by atomic mass is 10.1. The number of hydrogen-bond donors (Lipinski definition) is 1. The predicted molar refractivity (Wildman–Crippen MR) is 80.1 cm³/mol. The zero-order valence-corrected chi connectivity index (χ0v) is 12.7. The van der Waals surface area contributed by atoms with Crippen molar-refractivity contribution in [3.05, 3.63) is 52.8 Å². The van der Waals surface area contributed by atoms with E-state index in [4.69, 9.17) is 4.74 Å². The Morgan fingerprint density at radius 2 is 2.04 bits per heavy atom. The molecule has 0 aliphatic heterocycles. The Kier molecular flexibility index (Phi) is 6.81. The van der Waals surface area contributed by atoms with Crippen molar-refractivity contribution in [2.45, 2.75) is 13.1 Å². The highest BCUT2D eigenvalue weighted by molar-refractivity contribution is 5.77. The number of hydrogen-bond acceptors (Lipinski definition) is 3. The minimum absolute atomic E-state index is 0.0358. The molecule has 23 heavy (non-hydrogen) atoms. The summed E-state index contributed by atoms with van der Waals surface area (Å²) in [5.74, 6) is 0.0358. The molecule has 0 atom stereocenters.